The molecule has 2 saturated heterocycles. The van der Waals surface area contributed by atoms with Crippen LogP contribution in [0.2, 0.25) is 0 Å². The van der Waals surface area contributed by atoms with Gasteiger partial charge in [0.05, 0.1) is 32.0 Å². The minimum absolute atomic E-state index is 0.216. The van der Waals surface area contributed by atoms with E-state index >= 15 is 0 Å². The number of rotatable bonds is 68. The summed E-state index contributed by atoms with van der Waals surface area (Å²) in [7, 11) is 0. The summed E-state index contributed by atoms with van der Waals surface area (Å²) in [6.45, 7) is 2.78. The summed E-state index contributed by atoms with van der Waals surface area (Å²) < 4.78 is 23.0. The van der Waals surface area contributed by atoms with Crippen LogP contribution in [0.1, 0.15) is 328 Å². The summed E-state index contributed by atoms with van der Waals surface area (Å²) in [5.74, 6) is -0.216. The second-order valence-corrected chi connectivity index (χ2v) is 28.5. The van der Waals surface area contributed by atoms with Crippen LogP contribution in [0.15, 0.2) is 122 Å². The molecule has 0 bridgehead atoms. The van der Waals surface area contributed by atoms with E-state index in [4.69, 9.17) is 18.9 Å². The Balaban J connectivity index is 1.62. The molecule has 2 fully saturated rings. The van der Waals surface area contributed by atoms with Crippen molar-refractivity contribution in [2.75, 3.05) is 19.8 Å². The van der Waals surface area contributed by atoms with Crippen LogP contribution in [0.25, 0.3) is 0 Å². The maximum Gasteiger partial charge on any atom is 0.220 e. The van der Waals surface area contributed by atoms with Crippen molar-refractivity contribution in [1.82, 2.24) is 5.32 Å². The average molecular weight is 1420 g/mol. The quantitative estimate of drug-likeness (QED) is 0.0204. The molecule has 2 rings (SSSR count). The van der Waals surface area contributed by atoms with Gasteiger partial charge in [-0.2, -0.15) is 0 Å². The predicted octanol–water partition coefficient (Wildman–Crippen LogP) is 19.2. The van der Waals surface area contributed by atoms with Crippen molar-refractivity contribution in [2.24, 2.45) is 0 Å². The van der Waals surface area contributed by atoms with Gasteiger partial charge in [0.25, 0.3) is 0 Å². The minimum Gasteiger partial charge on any atom is -0.394 e. The van der Waals surface area contributed by atoms with Crippen molar-refractivity contribution < 1.29 is 64.6 Å². The van der Waals surface area contributed by atoms with E-state index in [1.165, 1.54) is 173 Å². The number of nitrogens with one attached hydrogen (secondary N) is 1. The van der Waals surface area contributed by atoms with Crippen molar-refractivity contribution in [1.29, 1.82) is 0 Å². The van der Waals surface area contributed by atoms with Crippen LogP contribution in [0.5, 0.6) is 0 Å². The topological polar surface area (TPSA) is 228 Å². The monoisotopic (exact) mass is 1420 g/mol. The van der Waals surface area contributed by atoms with Gasteiger partial charge in [-0.05, 0) is 89.9 Å². The SMILES string of the molecule is CC/C=C\C/C=C\C/C=C\C/C=C\C/C=C\C/C=C\C/C=C\C/C=C\C/C=C\C/C=C\CCCCCCCCCCC(=O)NC(COC1OC(CO)C(OC2OC(CO)C(O)C(O)C2O)C(O)C1O)C(O)CCCCCCCCCCCCCCCCCCCCCCCCCCCCCC. The van der Waals surface area contributed by atoms with Crippen molar-refractivity contribution in [3.63, 3.8) is 0 Å². The molecule has 2 aliphatic rings. The smallest absolute Gasteiger partial charge is 0.220 e. The average Bonchev–Trinajstić information content (AvgIpc) is 0.790. The van der Waals surface area contributed by atoms with Gasteiger partial charge in [0.15, 0.2) is 12.6 Å². The molecule has 2 aliphatic heterocycles. The molecule has 0 aromatic rings. The number of aliphatic hydroxyl groups excluding tert-OH is 8. The number of ether oxygens (including phenoxy) is 4. The van der Waals surface area contributed by atoms with Gasteiger partial charge in [-0.25, -0.2) is 0 Å². The largest absolute Gasteiger partial charge is 0.394 e. The third kappa shape index (κ3) is 52.1. The standard InChI is InChI=1S/C87H151NO13/c1-3-5-7-9-11-13-15-17-19-21-23-25-27-29-31-33-34-35-36-37-38-39-40-41-42-43-45-47-49-51-53-55-57-59-61-63-65-67-69-71-79(92)88-75(74-98-86-84(97)82(95)85(78(73-90)100-86)101-87-83(96)81(94)80(93)77(72-89)99-87)76(91)70-68-66-64-62-60-58-56-54-52-50-48-46-44-32-30-28-26-24-22-20-18-16-14-12-10-8-6-4-2/h5,7,11,13,17,19,23,25,29,31,34-35,37-38,40-41,43,45,49,51,75-78,80-87,89-91,93-97H,3-4,6,8-10,12,14-16,18,20-22,24,26-28,30,32-33,36,39,42,44,46-48,50,52-74H2,1-2H3,(H,88,92)/b7-5-,13-11-,19-17-,25-23-,31-29-,35-34-,38-37-,41-40-,45-43-,51-49-. The van der Waals surface area contributed by atoms with Gasteiger partial charge in [0.1, 0.15) is 48.8 Å². The van der Waals surface area contributed by atoms with Crippen molar-refractivity contribution in [2.45, 2.75) is 402 Å². The third-order valence-corrected chi connectivity index (χ3v) is 19.4. The molecule has 0 aromatic heterocycles. The molecule has 2 heterocycles. The lowest BCUT2D eigenvalue weighted by molar-refractivity contribution is -0.359. The summed E-state index contributed by atoms with van der Waals surface area (Å²) in [6.07, 6.45) is 85.1. The Morgan fingerprint density at radius 1 is 0.366 bits per heavy atom. The number of allylic oxidation sites excluding steroid dienone is 20. The van der Waals surface area contributed by atoms with E-state index in [-0.39, 0.29) is 18.9 Å². The number of carbonyl (C=O) groups excluding carboxylic acids is 1. The zero-order chi connectivity index (χ0) is 73.0. The van der Waals surface area contributed by atoms with E-state index in [1.54, 1.807) is 0 Å². The maximum absolute atomic E-state index is 13.4. The molecule has 582 valence electrons. The Kier molecular flexibility index (Phi) is 64.3. The van der Waals surface area contributed by atoms with Gasteiger partial charge in [-0.3, -0.25) is 4.79 Å². The second-order valence-electron chi connectivity index (χ2n) is 28.5. The lowest BCUT2D eigenvalue weighted by atomic mass is 9.97. The highest BCUT2D eigenvalue weighted by Crippen LogP contribution is 2.30. The third-order valence-electron chi connectivity index (χ3n) is 19.4. The minimum atomic E-state index is -1.79. The fraction of sp³-hybridized carbons (Fsp3) is 0.759. The Bertz CT molecular complexity index is 2170. The predicted molar refractivity (Wildman–Crippen MR) is 419 cm³/mol. The van der Waals surface area contributed by atoms with Crippen molar-refractivity contribution >= 4 is 5.91 Å². The summed E-state index contributed by atoms with van der Waals surface area (Å²) in [5.41, 5.74) is 0. The lowest BCUT2D eigenvalue weighted by Crippen LogP contribution is -2.65. The molecule has 0 radical (unpaired) electrons. The maximum atomic E-state index is 13.4. The Morgan fingerprint density at radius 3 is 1.05 bits per heavy atom. The number of aliphatic hydroxyl groups is 8. The van der Waals surface area contributed by atoms with Gasteiger partial charge >= 0.3 is 0 Å². The highest BCUT2D eigenvalue weighted by atomic mass is 16.7. The van der Waals surface area contributed by atoms with E-state index in [0.717, 1.165) is 122 Å². The molecule has 14 heteroatoms. The van der Waals surface area contributed by atoms with Crippen LogP contribution in [0.4, 0.5) is 0 Å². The Hall–Kier alpha value is -3.61. The first-order chi connectivity index (χ1) is 49.6. The van der Waals surface area contributed by atoms with Gasteiger partial charge in [0.2, 0.25) is 5.91 Å². The molecule has 12 atom stereocenters. The first kappa shape index (κ1) is 93.5. The summed E-state index contributed by atoms with van der Waals surface area (Å²) >= 11 is 0. The number of carbonyl (C=O) groups is 1. The van der Waals surface area contributed by atoms with Crippen LogP contribution in [0, 0.1) is 0 Å². The fourth-order valence-corrected chi connectivity index (χ4v) is 13.0. The van der Waals surface area contributed by atoms with Crippen LogP contribution in [0.3, 0.4) is 0 Å². The first-order valence-corrected chi connectivity index (χ1v) is 41.3. The molecule has 12 unspecified atom stereocenters. The highest BCUT2D eigenvalue weighted by Gasteiger charge is 2.51. The normalized spacial score (nSPS) is 22.4. The number of hydrogen-bond donors (Lipinski definition) is 9. The van der Waals surface area contributed by atoms with Crippen LogP contribution >= 0.6 is 0 Å². The number of unbranched alkanes of at least 4 members (excludes halogenated alkanes) is 35. The summed E-state index contributed by atoms with van der Waals surface area (Å²) in [4.78, 5) is 13.4. The van der Waals surface area contributed by atoms with Gasteiger partial charge in [-0.15, -0.1) is 0 Å². The molecule has 101 heavy (non-hydrogen) atoms. The zero-order valence-corrected chi connectivity index (χ0v) is 63.9. The van der Waals surface area contributed by atoms with Gasteiger partial charge < -0.3 is 65.1 Å². The zero-order valence-electron chi connectivity index (χ0n) is 63.9. The van der Waals surface area contributed by atoms with Crippen LogP contribution in [-0.4, -0.2) is 140 Å². The molecular weight excluding hydrogens is 1270 g/mol. The molecular formula is C87H151NO13. The molecule has 0 saturated carbocycles. The van der Waals surface area contributed by atoms with E-state index in [2.05, 4.69) is 141 Å². The van der Waals surface area contributed by atoms with Crippen molar-refractivity contribution in [3.8, 4) is 0 Å². The lowest BCUT2D eigenvalue weighted by Gasteiger charge is -2.46. The van der Waals surface area contributed by atoms with E-state index in [1.807, 2.05) is 0 Å². The number of hydrogen-bond acceptors (Lipinski definition) is 13. The second kappa shape index (κ2) is 69.4. The van der Waals surface area contributed by atoms with Crippen LogP contribution < -0.4 is 5.32 Å². The molecule has 1 amide bonds. The van der Waals surface area contributed by atoms with Crippen molar-refractivity contribution in [3.05, 3.63) is 122 Å². The summed E-state index contributed by atoms with van der Waals surface area (Å²) in [6, 6.07) is -0.844. The van der Waals surface area contributed by atoms with E-state index < -0.39 is 86.8 Å². The molecule has 14 nitrogen and oxygen atoms in total. The van der Waals surface area contributed by atoms with Gasteiger partial charge in [-0.1, -0.05) is 354 Å². The van der Waals surface area contributed by atoms with Crippen LogP contribution in [-0.2, 0) is 23.7 Å². The Labute approximate surface area is 616 Å². The number of amides is 1. The van der Waals surface area contributed by atoms with Gasteiger partial charge in [0, 0.05) is 6.42 Å². The fourth-order valence-electron chi connectivity index (χ4n) is 13.0. The molecule has 9 N–H and O–H groups in total. The molecule has 0 aliphatic carbocycles. The highest BCUT2D eigenvalue weighted by molar-refractivity contribution is 5.76. The first-order valence-electron chi connectivity index (χ1n) is 41.3. The van der Waals surface area contributed by atoms with E-state index in [9.17, 15) is 45.6 Å². The Morgan fingerprint density at radius 2 is 0.683 bits per heavy atom. The molecule has 0 aromatic carbocycles. The summed E-state index contributed by atoms with van der Waals surface area (Å²) in [5, 5.41) is 87.9. The molecule has 0 spiro atoms. The van der Waals surface area contributed by atoms with E-state index in [0.29, 0.717) is 12.8 Å².